The number of hydrogen-bond acceptors (Lipinski definition) is 4. The normalized spacial score (nSPS) is 10.8. The average molecular weight is 339 g/mol. The Hall–Kier alpha value is -2.27. The van der Waals surface area contributed by atoms with Crippen molar-refractivity contribution in [2.24, 2.45) is 7.05 Å². The number of hydrogen-bond donors (Lipinski definition) is 0. The van der Waals surface area contributed by atoms with Crippen molar-refractivity contribution in [1.82, 2.24) is 14.8 Å². The van der Waals surface area contributed by atoms with Gasteiger partial charge in [-0.05, 0) is 30.2 Å². The molecule has 1 aromatic heterocycles. The maximum Gasteiger partial charge on any atom is 0.191 e. The van der Waals surface area contributed by atoms with Gasteiger partial charge >= 0.3 is 0 Å². The monoisotopic (exact) mass is 339 g/mol. The van der Waals surface area contributed by atoms with Crippen molar-refractivity contribution < 1.29 is 4.74 Å². The maximum atomic E-state index is 5.19. The smallest absolute Gasteiger partial charge is 0.191 e. The van der Waals surface area contributed by atoms with Crippen LogP contribution in [0, 0.1) is 6.92 Å². The topological polar surface area (TPSA) is 39.9 Å². The highest BCUT2D eigenvalue weighted by atomic mass is 32.2. The molecule has 0 amide bonds. The number of aryl methyl sites for hydroxylation is 1. The van der Waals surface area contributed by atoms with E-state index in [9.17, 15) is 0 Å². The summed E-state index contributed by atoms with van der Waals surface area (Å²) in [4.78, 5) is 0. The molecule has 4 nitrogen and oxygen atoms in total. The lowest BCUT2D eigenvalue weighted by Crippen LogP contribution is -2.00. The van der Waals surface area contributed by atoms with Gasteiger partial charge in [-0.2, -0.15) is 0 Å². The van der Waals surface area contributed by atoms with Crippen molar-refractivity contribution in [3.8, 4) is 5.75 Å². The quantitative estimate of drug-likeness (QED) is 0.636. The maximum absolute atomic E-state index is 5.19. The van der Waals surface area contributed by atoms with Crippen LogP contribution >= 0.6 is 11.8 Å². The molecule has 0 radical (unpaired) electrons. The average Bonchev–Trinajstić information content (AvgIpc) is 2.94. The van der Waals surface area contributed by atoms with Crippen molar-refractivity contribution in [3.05, 3.63) is 71.0 Å². The number of nitrogens with zero attached hydrogens (tertiary/aromatic N) is 3. The van der Waals surface area contributed by atoms with E-state index >= 15 is 0 Å². The van der Waals surface area contributed by atoms with Crippen LogP contribution in [0.5, 0.6) is 5.75 Å². The third kappa shape index (κ3) is 3.97. The first-order valence-electron chi connectivity index (χ1n) is 7.85. The van der Waals surface area contributed by atoms with Gasteiger partial charge < -0.3 is 9.30 Å². The fourth-order valence-electron chi connectivity index (χ4n) is 2.50. The van der Waals surface area contributed by atoms with Crippen molar-refractivity contribution in [3.63, 3.8) is 0 Å². The Kier molecular flexibility index (Phi) is 5.20. The van der Waals surface area contributed by atoms with Crippen LogP contribution in [0.15, 0.2) is 53.7 Å². The lowest BCUT2D eigenvalue weighted by Gasteiger charge is -2.05. The predicted molar refractivity (Wildman–Crippen MR) is 97.5 cm³/mol. The Balaban J connectivity index is 1.66. The van der Waals surface area contributed by atoms with Crippen molar-refractivity contribution in [1.29, 1.82) is 0 Å². The van der Waals surface area contributed by atoms with E-state index in [-0.39, 0.29) is 0 Å². The highest BCUT2D eigenvalue weighted by molar-refractivity contribution is 7.98. The minimum Gasteiger partial charge on any atom is -0.497 e. The zero-order valence-electron chi connectivity index (χ0n) is 14.2. The zero-order valence-corrected chi connectivity index (χ0v) is 15.0. The number of thioether (sulfide) groups is 1. The Bertz CT molecular complexity index is 812. The Morgan fingerprint density at radius 2 is 1.83 bits per heavy atom. The molecule has 0 aliphatic carbocycles. The molecule has 124 valence electrons. The molecule has 0 atom stereocenters. The van der Waals surface area contributed by atoms with Gasteiger partial charge in [0.25, 0.3) is 0 Å². The standard InChI is InChI=1S/C19H21N3OS/c1-14-5-4-6-16(11-14)13-24-19-21-20-18(22(19)2)12-15-7-9-17(23-3)10-8-15/h4-11H,12-13H2,1-3H3. The molecule has 0 spiro atoms. The number of rotatable bonds is 6. The molecule has 1 heterocycles. The molecular weight excluding hydrogens is 318 g/mol. The van der Waals surface area contributed by atoms with E-state index in [0.29, 0.717) is 0 Å². The van der Waals surface area contributed by atoms with Gasteiger partial charge in [-0.25, -0.2) is 0 Å². The highest BCUT2D eigenvalue weighted by Crippen LogP contribution is 2.22. The van der Waals surface area contributed by atoms with Crippen LogP contribution < -0.4 is 4.74 Å². The molecule has 3 aromatic rings. The van der Waals surface area contributed by atoms with Gasteiger partial charge in [0, 0.05) is 19.2 Å². The first kappa shape index (κ1) is 16.6. The summed E-state index contributed by atoms with van der Waals surface area (Å²) in [7, 11) is 3.70. The largest absolute Gasteiger partial charge is 0.497 e. The summed E-state index contributed by atoms with van der Waals surface area (Å²) >= 11 is 1.72. The second kappa shape index (κ2) is 7.53. The van der Waals surface area contributed by atoms with Gasteiger partial charge in [-0.3, -0.25) is 0 Å². The van der Waals surface area contributed by atoms with Crippen molar-refractivity contribution in [2.45, 2.75) is 24.3 Å². The SMILES string of the molecule is COc1ccc(Cc2nnc(SCc3cccc(C)c3)n2C)cc1. The number of ether oxygens (including phenoxy) is 1. The van der Waals surface area contributed by atoms with E-state index in [2.05, 4.69) is 58.1 Å². The molecule has 3 rings (SSSR count). The molecule has 2 aromatic carbocycles. The number of aromatic nitrogens is 3. The van der Waals surface area contributed by atoms with Gasteiger partial charge in [0.2, 0.25) is 0 Å². The molecule has 0 fully saturated rings. The molecule has 0 unspecified atom stereocenters. The van der Waals surface area contributed by atoms with Crippen LogP contribution in [0.3, 0.4) is 0 Å². The van der Waals surface area contributed by atoms with E-state index in [1.165, 1.54) is 16.7 Å². The first-order valence-corrected chi connectivity index (χ1v) is 8.84. The molecule has 0 saturated heterocycles. The minimum atomic E-state index is 0.762. The van der Waals surface area contributed by atoms with Crippen LogP contribution in [-0.4, -0.2) is 21.9 Å². The molecule has 0 bridgehead atoms. The second-order valence-corrected chi connectivity index (χ2v) is 6.70. The van der Waals surface area contributed by atoms with Crippen molar-refractivity contribution in [2.75, 3.05) is 7.11 Å². The van der Waals surface area contributed by atoms with E-state index in [0.717, 1.165) is 28.9 Å². The second-order valence-electron chi connectivity index (χ2n) is 5.76. The van der Waals surface area contributed by atoms with Gasteiger partial charge in [0.05, 0.1) is 7.11 Å². The summed E-state index contributed by atoms with van der Waals surface area (Å²) in [6.07, 6.45) is 0.762. The third-order valence-electron chi connectivity index (χ3n) is 3.90. The molecule has 0 N–H and O–H groups in total. The van der Waals surface area contributed by atoms with Gasteiger partial charge in [-0.15, -0.1) is 10.2 Å². The minimum absolute atomic E-state index is 0.762. The molecule has 24 heavy (non-hydrogen) atoms. The summed E-state index contributed by atoms with van der Waals surface area (Å²) in [5.74, 6) is 2.73. The fourth-order valence-corrected chi connectivity index (χ4v) is 3.37. The summed E-state index contributed by atoms with van der Waals surface area (Å²) in [5, 5.41) is 9.62. The molecule has 0 saturated carbocycles. The highest BCUT2D eigenvalue weighted by Gasteiger charge is 2.10. The Morgan fingerprint density at radius 1 is 1.04 bits per heavy atom. The van der Waals surface area contributed by atoms with E-state index in [1.807, 2.05) is 19.2 Å². The Labute approximate surface area is 146 Å². The molecular formula is C19H21N3OS. The summed E-state index contributed by atoms with van der Waals surface area (Å²) in [5.41, 5.74) is 3.78. The zero-order chi connectivity index (χ0) is 16.9. The van der Waals surface area contributed by atoms with Gasteiger partial charge in [-0.1, -0.05) is 53.7 Å². The van der Waals surface area contributed by atoms with E-state index in [1.54, 1.807) is 18.9 Å². The van der Waals surface area contributed by atoms with Crippen molar-refractivity contribution >= 4 is 11.8 Å². The van der Waals surface area contributed by atoms with Gasteiger partial charge in [0.15, 0.2) is 5.16 Å². The fraction of sp³-hybridized carbons (Fsp3) is 0.263. The van der Waals surface area contributed by atoms with Crippen LogP contribution in [0.4, 0.5) is 0 Å². The van der Waals surface area contributed by atoms with E-state index in [4.69, 9.17) is 4.74 Å². The molecule has 0 aliphatic rings. The summed E-state index contributed by atoms with van der Waals surface area (Å²) < 4.78 is 7.27. The third-order valence-corrected chi connectivity index (χ3v) is 4.99. The number of benzene rings is 2. The lowest BCUT2D eigenvalue weighted by molar-refractivity contribution is 0.414. The lowest BCUT2D eigenvalue weighted by atomic mass is 10.1. The molecule has 5 heteroatoms. The van der Waals surface area contributed by atoms with E-state index < -0.39 is 0 Å². The van der Waals surface area contributed by atoms with Crippen LogP contribution in [-0.2, 0) is 19.2 Å². The molecule has 0 aliphatic heterocycles. The van der Waals surface area contributed by atoms with Gasteiger partial charge in [0.1, 0.15) is 11.6 Å². The van der Waals surface area contributed by atoms with Crippen LogP contribution in [0.2, 0.25) is 0 Å². The van der Waals surface area contributed by atoms with Crippen LogP contribution in [0.1, 0.15) is 22.5 Å². The Morgan fingerprint density at radius 3 is 2.54 bits per heavy atom. The van der Waals surface area contributed by atoms with Crippen LogP contribution in [0.25, 0.3) is 0 Å². The number of methoxy groups -OCH3 is 1. The predicted octanol–water partition coefficient (Wildman–Crippen LogP) is 4.02. The summed E-state index contributed by atoms with van der Waals surface area (Å²) in [6, 6.07) is 16.6. The first-order chi connectivity index (χ1) is 11.7. The summed E-state index contributed by atoms with van der Waals surface area (Å²) in [6.45, 7) is 2.11.